The molecule has 2 heterocycles. The Labute approximate surface area is 100 Å². The van der Waals surface area contributed by atoms with Crippen LogP contribution in [0.2, 0.25) is 0 Å². The Bertz CT molecular complexity index is 368. The zero-order valence-electron chi connectivity index (χ0n) is 9.91. The number of nitrogens with one attached hydrogen (secondary N) is 1. The van der Waals surface area contributed by atoms with Crippen LogP contribution in [0.1, 0.15) is 18.4 Å². The monoisotopic (exact) mass is 240 g/mol. The lowest BCUT2D eigenvalue weighted by Gasteiger charge is -2.13. The fourth-order valence-corrected chi connectivity index (χ4v) is 1.86. The van der Waals surface area contributed by atoms with E-state index in [1.54, 1.807) is 7.05 Å². The molecule has 5 heteroatoms. The minimum atomic E-state index is -0.347. The van der Waals surface area contributed by atoms with Gasteiger partial charge < -0.3 is 14.8 Å². The van der Waals surface area contributed by atoms with Crippen LogP contribution in [0.4, 0.5) is 4.39 Å². The summed E-state index contributed by atoms with van der Waals surface area (Å²) in [5.41, 5.74) is 0.727. The predicted molar refractivity (Wildman–Crippen MR) is 61.4 cm³/mol. The summed E-state index contributed by atoms with van der Waals surface area (Å²) in [4.78, 5) is 3.97. The van der Waals surface area contributed by atoms with E-state index in [1.807, 2.05) is 0 Å². The van der Waals surface area contributed by atoms with Crippen LogP contribution >= 0.6 is 0 Å². The average molecular weight is 240 g/mol. The number of halogens is 1. The molecule has 1 unspecified atom stereocenters. The van der Waals surface area contributed by atoms with Crippen LogP contribution in [-0.2, 0) is 11.3 Å². The van der Waals surface area contributed by atoms with Crippen molar-refractivity contribution < 1.29 is 13.9 Å². The highest BCUT2D eigenvalue weighted by Gasteiger charge is 2.17. The summed E-state index contributed by atoms with van der Waals surface area (Å²) in [6, 6.07) is 1.44. The van der Waals surface area contributed by atoms with Gasteiger partial charge >= 0.3 is 0 Å². The topological polar surface area (TPSA) is 43.4 Å². The van der Waals surface area contributed by atoms with E-state index in [-0.39, 0.29) is 11.9 Å². The molecule has 0 aromatic carbocycles. The second-order valence-electron chi connectivity index (χ2n) is 4.09. The smallest absolute Gasteiger partial charge is 0.218 e. The van der Waals surface area contributed by atoms with Gasteiger partial charge in [-0.15, -0.1) is 0 Å². The number of aromatic nitrogens is 1. The molecule has 1 aromatic heterocycles. The molecule has 1 aliphatic rings. The van der Waals surface area contributed by atoms with Crippen LogP contribution < -0.4 is 10.1 Å². The van der Waals surface area contributed by atoms with Crippen molar-refractivity contribution in [3.8, 4) is 5.88 Å². The zero-order valence-corrected chi connectivity index (χ0v) is 9.91. The highest BCUT2D eigenvalue weighted by Crippen LogP contribution is 2.18. The van der Waals surface area contributed by atoms with Gasteiger partial charge in [-0.1, -0.05) is 0 Å². The number of rotatable bonds is 5. The molecule has 94 valence electrons. The molecule has 0 spiro atoms. The minimum Gasteiger partial charge on any atom is -0.475 e. The van der Waals surface area contributed by atoms with E-state index in [9.17, 15) is 4.39 Å². The van der Waals surface area contributed by atoms with Gasteiger partial charge in [-0.25, -0.2) is 9.37 Å². The molecule has 0 amide bonds. The molecule has 0 aliphatic carbocycles. The number of ether oxygens (including phenoxy) is 2. The lowest BCUT2D eigenvalue weighted by Crippen LogP contribution is -2.18. The third-order valence-electron chi connectivity index (χ3n) is 2.69. The first-order valence-corrected chi connectivity index (χ1v) is 5.83. The molecule has 0 radical (unpaired) electrons. The van der Waals surface area contributed by atoms with Crippen LogP contribution in [0.5, 0.6) is 5.88 Å². The van der Waals surface area contributed by atoms with Crippen molar-refractivity contribution >= 4 is 0 Å². The maximum atomic E-state index is 13.0. The van der Waals surface area contributed by atoms with E-state index in [0.717, 1.165) is 25.0 Å². The fraction of sp³-hybridized carbons (Fsp3) is 0.583. The largest absolute Gasteiger partial charge is 0.475 e. The Kier molecular flexibility index (Phi) is 4.28. The summed E-state index contributed by atoms with van der Waals surface area (Å²) in [5, 5.41) is 2.96. The van der Waals surface area contributed by atoms with Crippen molar-refractivity contribution in [3.63, 3.8) is 0 Å². The number of hydrogen-bond donors (Lipinski definition) is 1. The molecule has 0 saturated carbocycles. The molecule has 1 atom stereocenters. The van der Waals surface area contributed by atoms with E-state index in [2.05, 4.69) is 10.3 Å². The van der Waals surface area contributed by atoms with Gasteiger partial charge in [-0.05, 0) is 26.0 Å². The molecule has 1 N–H and O–H groups in total. The quantitative estimate of drug-likeness (QED) is 0.847. The lowest BCUT2D eigenvalue weighted by molar-refractivity contribution is 0.0659. The maximum Gasteiger partial charge on any atom is 0.218 e. The van der Waals surface area contributed by atoms with E-state index < -0.39 is 0 Å². The van der Waals surface area contributed by atoms with Crippen LogP contribution in [0.3, 0.4) is 0 Å². The second kappa shape index (κ2) is 5.93. The molecule has 2 rings (SSSR count). The Hall–Kier alpha value is -1.20. The van der Waals surface area contributed by atoms with Gasteiger partial charge in [0.05, 0.1) is 12.3 Å². The molecular weight excluding hydrogens is 223 g/mol. The first-order valence-electron chi connectivity index (χ1n) is 5.83. The van der Waals surface area contributed by atoms with Gasteiger partial charge in [-0.2, -0.15) is 0 Å². The maximum absolute atomic E-state index is 13.0. The fourth-order valence-electron chi connectivity index (χ4n) is 1.86. The number of hydrogen-bond acceptors (Lipinski definition) is 4. The molecule has 1 aliphatic heterocycles. The van der Waals surface area contributed by atoms with Crippen molar-refractivity contribution in [2.24, 2.45) is 0 Å². The lowest BCUT2D eigenvalue weighted by atomic mass is 10.2. The van der Waals surface area contributed by atoms with Gasteiger partial charge in [0, 0.05) is 18.7 Å². The van der Waals surface area contributed by atoms with Crippen molar-refractivity contribution in [2.75, 3.05) is 20.3 Å². The van der Waals surface area contributed by atoms with Crippen LogP contribution in [0.25, 0.3) is 0 Å². The van der Waals surface area contributed by atoms with E-state index in [4.69, 9.17) is 9.47 Å². The Morgan fingerprint density at radius 2 is 2.53 bits per heavy atom. The summed E-state index contributed by atoms with van der Waals surface area (Å²) >= 11 is 0. The zero-order chi connectivity index (χ0) is 12.1. The summed E-state index contributed by atoms with van der Waals surface area (Å²) in [7, 11) is 1.80. The van der Waals surface area contributed by atoms with E-state index >= 15 is 0 Å². The Morgan fingerprint density at radius 1 is 1.65 bits per heavy atom. The molecule has 1 fully saturated rings. The molecular formula is C12H17FN2O2. The predicted octanol–water partition coefficient (Wildman–Crippen LogP) is 1.50. The second-order valence-corrected chi connectivity index (χ2v) is 4.09. The third kappa shape index (κ3) is 3.38. The molecule has 1 aromatic rings. The van der Waals surface area contributed by atoms with Crippen molar-refractivity contribution in [1.29, 1.82) is 0 Å². The first-order chi connectivity index (χ1) is 8.29. The molecule has 1 saturated heterocycles. The minimum absolute atomic E-state index is 0.143. The third-order valence-corrected chi connectivity index (χ3v) is 2.69. The molecule has 17 heavy (non-hydrogen) atoms. The highest BCUT2D eigenvalue weighted by atomic mass is 19.1. The van der Waals surface area contributed by atoms with Crippen LogP contribution in [0.15, 0.2) is 12.3 Å². The van der Waals surface area contributed by atoms with Gasteiger partial charge in [0.25, 0.3) is 0 Å². The first kappa shape index (κ1) is 12.3. The highest BCUT2D eigenvalue weighted by molar-refractivity contribution is 5.26. The molecule has 4 nitrogen and oxygen atoms in total. The van der Waals surface area contributed by atoms with E-state index in [0.29, 0.717) is 19.0 Å². The summed E-state index contributed by atoms with van der Waals surface area (Å²) in [6.07, 6.45) is 3.41. The van der Waals surface area contributed by atoms with Gasteiger partial charge in [0.1, 0.15) is 12.4 Å². The average Bonchev–Trinajstić information content (AvgIpc) is 2.81. The standard InChI is InChI=1S/C12H17FN2O2/c1-14-6-9-5-10(13)7-15-12(9)17-8-11-3-2-4-16-11/h5,7,11,14H,2-4,6,8H2,1H3. The Balaban J connectivity index is 1.98. The summed E-state index contributed by atoms with van der Waals surface area (Å²) in [6.45, 7) is 1.81. The van der Waals surface area contributed by atoms with Crippen molar-refractivity contribution in [2.45, 2.75) is 25.5 Å². The normalized spacial score (nSPS) is 19.5. The SMILES string of the molecule is CNCc1cc(F)cnc1OCC1CCCO1. The number of pyridine rings is 1. The van der Waals surface area contributed by atoms with Crippen LogP contribution in [0, 0.1) is 5.82 Å². The number of nitrogens with zero attached hydrogens (tertiary/aromatic N) is 1. The van der Waals surface area contributed by atoms with E-state index in [1.165, 1.54) is 12.3 Å². The molecule has 0 bridgehead atoms. The van der Waals surface area contributed by atoms with Crippen LogP contribution in [-0.4, -0.2) is 31.3 Å². The van der Waals surface area contributed by atoms with Gasteiger partial charge in [-0.3, -0.25) is 0 Å². The summed E-state index contributed by atoms with van der Waals surface area (Å²) < 4.78 is 24.1. The van der Waals surface area contributed by atoms with Crippen molar-refractivity contribution in [3.05, 3.63) is 23.6 Å². The van der Waals surface area contributed by atoms with Gasteiger partial charge in [0.15, 0.2) is 0 Å². The summed E-state index contributed by atoms with van der Waals surface area (Å²) in [5.74, 6) is 0.135. The Morgan fingerprint density at radius 3 is 3.24 bits per heavy atom. The van der Waals surface area contributed by atoms with Crippen molar-refractivity contribution in [1.82, 2.24) is 10.3 Å². The van der Waals surface area contributed by atoms with Gasteiger partial charge in [0.2, 0.25) is 5.88 Å².